The number of alkyl halides is 3. The Kier molecular flexibility index (Phi) is 3.82. The molecule has 0 radical (unpaired) electrons. The average molecular weight is 259 g/mol. The van der Waals surface area contributed by atoms with E-state index in [2.05, 4.69) is 0 Å². The van der Waals surface area contributed by atoms with Crippen LogP contribution in [0.25, 0.3) is 0 Å². The molecule has 0 aromatic heterocycles. The van der Waals surface area contributed by atoms with E-state index in [1.807, 2.05) is 0 Å². The molecule has 0 atom stereocenters. The fraction of sp³-hybridized carbons (Fsp3) is 0.875. The number of sulfonamides is 1. The first kappa shape index (κ1) is 13.3. The second kappa shape index (κ2) is 4.60. The first-order chi connectivity index (χ1) is 7.22. The standard InChI is InChI=1S/C8H12F3NO3S/c9-8(10,11)16(14,15)12-7(13)5-6-3-1-2-4-6/h6H,1-5H2,(H,12,13). The maximum atomic E-state index is 11.9. The van der Waals surface area contributed by atoms with Gasteiger partial charge in [-0.15, -0.1) is 0 Å². The van der Waals surface area contributed by atoms with Crippen LogP contribution in [0.1, 0.15) is 32.1 Å². The first-order valence-corrected chi connectivity index (χ1v) is 6.32. The van der Waals surface area contributed by atoms with Gasteiger partial charge in [-0.1, -0.05) is 12.8 Å². The van der Waals surface area contributed by atoms with Crippen molar-refractivity contribution in [2.75, 3.05) is 0 Å². The Bertz CT molecular complexity index is 357. The predicted octanol–water partition coefficient (Wildman–Crippen LogP) is 1.53. The van der Waals surface area contributed by atoms with Crippen molar-refractivity contribution in [3.05, 3.63) is 0 Å². The van der Waals surface area contributed by atoms with Gasteiger partial charge >= 0.3 is 15.5 Å². The van der Waals surface area contributed by atoms with E-state index in [1.165, 1.54) is 0 Å². The number of amides is 1. The Morgan fingerprint density at radius 3 is 2.19 bits per heavy atom. The van der Waals surface area contributed by atoms with E-state index in [-0.39, 0.29) is 12.3 Å². The van der Waals surface area contributed by atoms with Crippen LogP contribution in [0.5, 0.6) is 0 Å². The summed E-state index contributed by atoms with van der Waals surface area (Å²) in [6.45, 7) is 0. The summed E-state index contributed by atoms with van der Waals surface area (Å²) in [4.78, 5) is 11.1. The van der Waals surface area contributed by atoms with Crippen LogP contribution in [-0.4, -0.2) is 19.8 Å². The Morgan fingerprint density at radius 2 is 1.75 bits per heavy atom. The summed E-state index contributed by atoms with van der Waals surface area (Å²) in [5.74, 6) is -1.08. The van der Waals surface area contributed by atoms with E-state index in [9.17, 15) is 26.4 Å². The van der Waals surface area contributed by atoms with Crippen molar-refractivity contribution in [3.63, 3.8) is 0 Å². The molecule has 1 amide bonds. The van der Waals surface area contributed by atoms with E-state index in [1.54, 1.807) is 0 Å². The number of rotatable bonds is 3. The summed E-state index contributed by atoms with van der Waals surface area (Å²) in [7, 11) is -5.54. The molecular formula is C8H12F3NO3S. The number of hydrogen-bond donors (Lipinski definition) is 1. The molecule has 0 unspecified atom stereocenters. The molecule has 1 fully saturated rings. The van der Waals surface area contributed by atoms with Gasteiger partial charge in [-0.25, -0.2) is 4.72 Å². The van der Waals surface area contributed by atoms with Crippen LogP contribution in [0.15, 0.2) is 0 Å². The third kappa shape index (κ3) is 3.36. The molecule has 0 heterocycles. The van der Waals surface area contributed by atoms with Crippen molar-refractivity contribution in [2.45, 2.75) is 37.6 Å². The van der Waals surface area contributed by atoms with Gasteiger partial charge < -0.3 is 0 Å². The normalized spacial score (nSPS) is 18.7. The lowest BCUT2D eigenvalue weighted by molar-refractivity contribution is -0.120. The molecule has 0 aromatic rings. The molecule has 1 N–H and O–H groups in total. The maximum Gasteiger partial charge on any atom is 0.516 e. The Balaban J connectivity index is 2.51. The van der Waals surface area contributed by atoms with E-state index >= 15 is 0 Å². The van der Waals surface area contributed by atoms with Gasteiger partial charge in [-0.05, 0) is 18.8 Å². The molecule has 1 aliphatic carbocycles. The largest absolute Gasteiger partial charge is 0.516 e. The minimum Gasteiger partial charge on any atom is -0.274 e. The second-order valence-corrected chi connectivity index (χ2v) is 5.50. The molecule has 0 spiro atoms. The van der Waals surface area contributed by atoms with E-state index in [4.69, 9.17) is 0 Å². The highest BCUT2D eigenvalue weighted by atomic mass is 32.2. The van der Waals surface area contributed by atoms with Crippen molar-refractivity contribution >= 4 is 15.9 Å². The van der Waals surface area contributed by atoms with Gasteiger partial charge in [0.25, 0.3) is 0 Å². The molecule has 1 saturated carbocycles. The van der Waals surface area contributed by atoms with E-state index in [0.29, 0.717) is 0 Å². The minimum atomic E-state index is -5.54. The summed E-state index contributed by atoms with van der Waals surface area (Å²) >= 11 is 0. The van der Waals surface area contributed by atoms with Gasteiger partial charge in [-0.3, -0.25) is 4.79 Å². The van der Waals surface area contributed by atoms with Crippen molar-refractivity contribution in [1.82, 2.24) is 4.72 Å². The fourth-order valence-corrected chi connectivity index (χ4v) is 2.22. The second-order valence-electron chi connectivity index (χ2n) is 3.83. The van der Waals surface area contributed by atoms with Crippen molar-refractivity contribution in [3.8, 4) is 0 Å². The predicted molar refractivity (Wildman–Crippen MR) is 49.7 cm³/mol. The molecule has 0 aliphatic heterocycles. The lowest BCUT2D eigenvalue weighted by atomic mass is 10.0. The van der Waals surface area contributed by atoms with Gasteiger partial charge in [0, 0.05) is 6.42 Å². The van der Waals surface area contributed by atoms with Crippen LogP contribution >= 0.6 is 0 Å². The number of halogens is 3. The van der Waals surface area contributed by atoms with Crippen LogP contribution < -0.4 is 4.72 Å². The first-order valence-electron chi connectivity index (χ1n) is 4.84. The quantitative estimate of drug-likeness (QED) is 0.836. The molecule has 0 aromatic carbocycles. The molecule has 1 aliphatic rings. The van der Waals surface area contributed by atoms with E-state index < -0.39 is 21.4 Å². The van der Waals surface area contributed by atoms with Gasteiger partial charge in [-0.2, -0.15) is 21.6 Å². The number of nitrogens with one attached hydrogen (secondary N) is 1. The number of carbonyl (C=O) groups is 1. The molecule has 0 bridgehead atoms. The Hall–Kier alpha value is -0.790. The Morgan fingerprint density at radius 1 is 1.25 bits per heavy atom. The van der Waals surface area contributed by atoms with E-state index in [0.717, 1.165) is 30.4 Å². The maximum absolute atomic E-state index is 11.9. The summed E-state index contributed by atoms with van der Waals surface area (Å²) in [5.41, 5.74) is -5.43. The summed E-state index contributed by atoms with van der Waals surface area (Å²) in [6.07, 6.45) is 3.24. The zero-order valence-electron chi connectivity index (χ0n) is 8.38. The minimum absolute atomic E-state index is 0.00318. The molecule has 0 saturated heterocycles. The van der Waals surface area contributed by atoms with Crippen molar-refractivity contribution < 1.29 is 26.4 Å². The highest BCUT2D eigenvalue weighted by molar-refractivity contribution is 7.90. The summed E-state index contributed by atoms with van der Waals surface area (Å²) < 4.78 is 57.9. The zero-order chi connectivity index (χ0) is 12.4. The molecule has 94 valence electrons. The highest BCUT2D eigenvalue weighted by Crippen LogP contribution is 2.28. The van der Waals surface area contributed by atoms with Crippen LogP contribution in [-0.2, 0) is 14.8 Å². The number of hydrogen-bond acceptors (Lipinski definition) is 3. The smallest absolute Gasteiger partial charge is 0.274 e. The van der Waals surface area contributed by atoms with Crippen molar-refractivity contribution in [1.29, 1.82) is 0 Å². The molecule has 1 rings (SSSR count). The zero-order valence-corrected chi connectivity index (χ0v) is 9.20. The third-order valence-corrected chi connectivity index (χ3v) is 3.61. The molecule has 16 heavy (non-hydrogen) atoms. The highest BCUT2D eigenvalue weighted by Gasteiger charge is 2.47. The van der Waals surface area contributed by atoms with Crippen LogP contribution in [0.3, 0.4) is 0 Å². The molecule has 8 heteroatoms. The van der Waals surface area contributed by atoms with Crippen LogP contribution in [0, 0.1) is 5.92 Å². The molecular weight excluding hydrogens is 247 g/mol. The monoisotopic (exact) mass is 259 g/mol. The van der Waals surface area contributed by atoms with Gasteiger partial charge in [0.15, 0.2) is 0 Å². The summed E-state index contributed by atoms with van der Waals surface area (Å²) in [6, 6.07) is 0. The Labute approximate surface area is 91.3 Å². The molecule has 4 nitrogen and oxygen atoms in total. The van der Waals surface area contributed by atoms with Gasteiger partial charge in [0.2, 0.25) is 5.91 Å². The third-order valence-electron chi connectivity index (χ3n) is 2.50. The van der Waals surface area contributed by atoms with Gasteiger partial charge in [0.05, 0.1) is 0 Å². The lowest BCUT2D eigenvalue weighted by Crippen LogP contribution is -2.40. The number of carbonyl (C=O) groups excluding carboxylic acids is 1. The lowest BCUT2D eigenvalue weighted by Gasteiger charge is -2.11. The topological polar surface area (TPSA) is 63.2 Å². The summed E-state index contributed by atoms with van der Waals surface area (Å²) in [5, 5.41) is 0. The SMILES string of the molecule is O=C(CC1CCCC1)NS(=O)(=O)C(F)(F)F. The van der Waals surface area contributed by atoms with Crippen LogP contribution in [0.4, 0.5) is 13.2 Å². The fourth-order valence-electron chi connectivity index (χ4n) is 1.73. The van der Waals surface area contributed by atoms with Crippen LogP contribution in [0.2, 0.25) is 0 Å². The average Bonchev–Trinajstić information content (AvgIpc) is 2.52. The van der Waals surface area contributed by atoms with Crippen molar-refractivity contribution in [2.24, 2.45) is 5.92 Å². The van der Waals surface area contributed by atoms with Gasteiger partial charge in [0.1, 0.15) is 0 Å².